The van der Waals surface area contributed by atoms with Crippen LogP contribution in [0.15, 0.2) is 77.2 Å². The van der Waals surface area contributed by atoms with Gasteiger partial charge in [-0.05, 0) is 43.0 Å². The Morgan fingerprint density at radius 3 is 1.84 bits per heavy atom. The van der Waals surface area contributed by atoms with E-state index in [-0.39, 0.29) is 28.2 Å². The molecule has 3 amide bonds. The van der Waals surface area contributed by atoms with Crippen LogP contribution in [0.2, 0.25) is 0 Å². The molecule has 0 bridgehead atoms. The van der Waals surface area contributed by atoms with E-state index in [0.717, 1.165) is 5.56 Å². The van der Waals surface area contributed by atoms with Crippen molar-refractivity contribution in [2.75, 3.05) is 14.1 Å². The van der Waals surface area contributed by atoms with E-state index >= 15 is 0 Å². The van der Waals surface area contributed by atoms with E-state index in [1.807, 2.05) is 78.8 Å². The molecule has 3 N–H and O–H groups in total. The lowest BCUT2D eigenvalue weighted by molar-refractivity contribution is -0.140. The number of likely N-dealkylation sites (N-methyl/N-ethyl adjacent to an activating group) is 2. The summed E-state index contributed by atoms with van der Waals surface area (Å²) < 4.78 is 27.5. The van der Waals surface area contributed by atoms with Crippen LogP contribution in [0.3, 0.4) is 0 Å². The van der Waals surface area contributed by atoms with Gasteiger partial charge in [-0.2, -0.15) is 0 Å². The van der Waals surface area contributed by atoms with Crippen molar-refractivity contribution in [3.05, 3.63) is 77.9 Å². The zero-order chi connectivity index (χ0) is 32.8. The highest BCUT2D eigenvalue weighted by atomic mass is 32.2. The van der Waals surface area contributed by atoms with Crippen molar-refractivity contribution in [3.63, 3.8) is 0 Å². The van der Waals surface area contributed by atoms with Crippen LogP contribution in [0.5, 0.6) is 0 Å². The molecular formula is C33H48N4O5S. The lowest BCUT2D eigenvalue weighted by Crippen LogP contribution is -2.61. The molecule has 236 valence electrons. The molecule has 10 heteroatoms. The van der Waals surface area contributed by atoms with Gasteiger partial charge in [-0.15, -0.1) is 0 Å². The van der Waals surface area contributed by atoms with Crippen molar-refractivity contribution in [3.8, 4) is 0 Å². The predicted octanol–water partition coefficient (Wildman–Crippen LogP) is 4.02. The van der Waals surface area contributed by atoms with Gasteiger partial charge in [0.25, 0.3) is 15.9 Å². The molecule has 3 unspecified atom stereocenters. The number of rotatable bonds is 12. The molecule has 0 aliphatic carbocycles. The third-order valence-corrected chi connectivity index (χ3v) is 9.07. The summed E-state index contributed by atoms with van der Waals surface area (Å²) in [6.07, 6.45) is 1.59. The molecule has 2 aromatic rings. The van der Waals surface area contributed by atoms with E-state index in [1.165, 1.54) is 24.0 Å². The molecule has 0 saturated carbocycles. The van der Waals surface area contributed by atoms with Gasteiger partial charge < -0.3 is 15.5 Å². The summed E-state index contributed by atoms with van der Waals surface area (Å²) in [5, 5.41) is 6.15. The Kier molecular flexibility index (Phi) is 11.9. The number of hydrogen-bond acceptors (Lipinski definition) is 6. The van der Waals surface area contributed by atoms with Gasteiger partial charge >= 0.3 is 0 Å². The van der Waals surface area contributed by atoms with Crippen molar-refractivity contribution in [2.45, 2.75) is 83.8 Å². The fourth-order valence-electron chi connectivity index (χ4n) is 5.02. The zero-order valence-electron chi connectivity index (χ0n) is 27.1. The van der Waals surface area contributed by atoms with Crippen LogP contribution in [-0.2, 0) is 29.8 Å². The molecule has 43 heavy (non-hydrogen) atoms. The SMILES string of the molecule is CNC(C(=O)NC(C(=O)N(C)C(/C=C(\C)C(=O)NS(=O)(=O)c1ccccc1)C(C)C)C(C)(C)C)C(C)(C)c1ccccc1. The van der Waals surface area contributed by atoms with Crippen LogP contribution in [-0.4, -0.2) is 63.3 Å². The molecule has 3 atom stereocenters. The van der Waals surface area contributed by atoms with Gasteiger partial charge in [0.05, 0.1) is 17.0 Å². The number of sulfonamides is 1. The molecule has 2 aromatic carbocycles. The van der Waals surface area contributed by atoms with E-state index < -0.39 is 44.9 Å². The molecule has 0 aromatic heterocycles. The van der Waals surface area contributed by atoms with Crippen molar-refractivity contribution >= 4 is 27.7 Å². The normalized spacial score (nSPS) is 14.9. The van der Waals surface area contributed by atoms with E-state index in [4.69, 9.17) is 0 Å². The first-order valence-electron chi connectivity index (χ1n) is 14.4. The third kappa shape index (κ3) is 9.00. The summed E-state index contributed by atoms with van der Waals surface area (Å²) >= 11 is 0. The molecule has 2 rings (SSSR count). The van der Waals surface area contributed by atoms with Crippen LogP contribution < -0.4 is 15.4 Å². The minimum atomic E-state index is -4.06. The first-order valence-corrected chi connectivity index (χ1v) is 15.9. The first kappa shape index (κ1) is 35.7. The fraction of sp³-hybridized carbons (Fsp3) is 0.485. The Morgan fingerprint density at radius 2 is 1.37 bits per heavy atom. The van der Waals surface area contributed by atoms with Gasteiger partial charge in [-0.25, -0.2) is 13.1 Å². The molecule has 0 aliphatic rings. The number of carbonyl (C=O) groups is 3. The van der Waals surface area contributed by atoms with Gasteiger partial charge in [0.2, 0.25) is 11.8 Å². The predicted molar refractivity (Wildman–Crippen MR) is 171 cm³/mol. The molecule has 0 fully saturated rings. The summed E-state index contributed by atoms with van der Waals surface area (Å²) in [5.74, 6) is -1.54. The molecule has 0 saturated heterocycles. The Hall–Kier alpha value is -3.50. The van der Waals surface area contributed by atoms with E-state index in [9.17, 15) is 22.8 Å². The number of nitrogens with zero attached hydrogens (tertiary/aromatic N) is 1. The second-order valence-corrected chi connectivity index (χ2v) is 14.6. The maximum atomic E-state index is 14.0. The van der Waals surface area contributed by atoms with Gasteiger partial charge in [-0.3, -0.25) is 14.4 Å². The van der Waals surface area contributed by atoms with Crippen LogP contribution >= 0.6 is 0 Å². The maximum Gasteiger partial charge on any atom is 0.264 e. The van der Waals surface area contributed by atoms with Crippen LogP contribution in [0.1, 0.15) is 61.0 Å². The lowest BCUT2D eigenvalue weighted by Gasteiger charge is -2.40. The highest BCUT2D eigenvalue weighted by molar-refractivity contribution is 7.90. The summed E-state index contributed by atoms with van der Waals surface area (Å²) in [7, 11) is -0.709. The highest BCUT2D eigenvalue weighted by Crippen LogP contribution is 2.29. The molecule has 0 aliphatic heterocycles. The maximum absolute atomic E-state index is 14.0. The number of amides is 3. The fourth-order valence-corrected chi connectivity index (χ4v) is 6.06. The summed E-state index contributed by atoms with van der Waals surface area (Å²) in [6.45, 7) is 14.9. The topological polar surface area (TPSA) is 125 Å². The van der Waals surface area contributed by atoms with Gasteiger partial charge in [-0.1, -0.05) is 103 Å². The van der Waals surface area contributed by atoms with Crippen molar-refractivity contribution in [1.82, 2.24) is 20.3 Å². The molecule has 9 nitrogen and oxygen atoms in total. The van der Waals surface area contributed by atoms with Gasteiger partial charge in [0.1, 0.15) is 6.04 Å². The van der Waals surface area contributed by atoms with E-state index in [2.05, 4.69) is 15.4 Å². The van der Waals surface area contributed by atoms with E-state index in [0.29, 0.717) is 0 Å². The smallest absolute Gasteiger partial charge is 0.264 e. The number of benzene rings is 2. The molecule has 0 radical (unpaired) electrons. The third-order valence-electron chi connectivity index (χ3n) is 7.73. The summed E-state index contributed by atoms with van der Waals surface area (Å²) in [5.41, 5.74) is -0.0922. The second-order valence-electron chi connectivity index (χ2n) is 12.9. The monoisotopic (exact) mass is 612 g/mol. The first-order chi connectivity index (χ1) is 19.8. The standard InChI is InChI=1S/C33H48N4O5S/c1-22(2)26(21-23(3)29(38)36-43(41,42)25-19-15-12-16-20-25)37(10)31(40)28(32(4,5)6)35-30(39)27(34-9)33(7,8)24-17-13-11-14-18-24/h11-22,26-28,34H,1-10H3,(H,35,39)(H,36,38)/b23-21+. The zero-order valence-corrected chi connectivity index (χ0v) is 27.9. The number of hydrogen-bond donors (Lipinski definition) is 3. The Morgan fingerprint density at radius 1 is 0.860 bits per heavy atom. The largest absolute Gasteiger partial charge is 0.342 e. The number of nitrogens with one attached hydrogen (secondary N) is 3. The van der Waals surface area contributed by atoms with Crippen LogP contribution in [0, 0.1) is 11.3 Å². The highest BCUT2D eigenvalue weighted by Gasteiger charge is 2.41. The van der Waals surface area contributed by atoms with Crippen molar-refractivity contribution in [2.24, 2.45) is 11.3 Å². The van der Waals surface area contributed by atoms with E-state index in [1.54, 1.807) is 38.4 Å². The van der Waals surface area contributed by atoms with Crippen molar-refractivity contribution in [1.29, 1.82) is 0 Å². The Bertz CT molecular complexity index is 1400. The summed E-state index contributed by atoms with van der Waals surface area (Å²) in [4.78, 5) is 42.2. The quantitative estimate of drug-likeness (QED) is 0.311. The Labute approximate surface area is 257 Å². The average molecular weight is 613 g/mol. The van der Waals surface area contributed by atoms with Crippen LogP contribution in [0.4, 0.5) is 0 Å². The molecule has 0 heterocycles. The lowest BCUT2D eigenvalue weighted by atomic mass is 9.76. The minimum Gasteiger partial charge on any atom is -0.342 e. The second kappa shape index (κ2) is 14.3. The van der Waals surface area contributed by atoms with Gasteiger partial charge in [0, 0.05) is 18.0 Å². The minimum absolute atomic E-state index is 0.0251. The van der Waals surface area contributed by atoms with Gasteiger partial charge in [0.15, 0.2) is 0 Å². The Balaban J connectivity index is 2.33. The molecule has 0 spiro atoms. The average Bonchev–Trinajstić information content (AvgIpc) is 2.93. The summed E-state index contributed by atoms with van der Waals surface area (Å²) in [6, 6.07) is 15.3. The molecular weight excluding hydrogens is 564 g/mol. The van der Waals surface area contributed by atoms with Crippen molar-refractivity contribution < 1.29 is 22.8 Å². The number of carbonyl (C=O) groups excluding carboxylic acids is 3. The van der Waals surface area contributed by atoms with Crippen LogP contribution in [0.25, 0.3) is 0 Å².